The van der Waals surface area contributed by atoms with Crippen LogP contribution in [0.5, 0.6) is 0 Å². The molecule has 0 aliphatic heterocycles. The number of nitrogens with one attached hydrogen (secondary N) is 1. The molecule has 4 aromatic rings. The fourth-order valence-corrected chi connectivity index (χ4v) is 3.57. The van der Waals surface area contributed by atoms with Gasteiger partial charge in [-0.2, -0.15) is 5.10 Å². The maximum atomic E-state index is 12.4. The minimum absolute atomic E-state index is 0.0312. The topological polar surface area (TPSA) is 51.9 Å². The van der Waals surface area contributed by atoms with Gasteiger partial charge in [0.1, 0.15) is 0 Å². The fourth-order valence-electron chi connectivity index (χ4n) is 3.57. The van der Waals surface area contributed by atoms with Gasteiger partial charge >= 0.3 is 0 Å². The molecule has 2 heterocycles. The van der Waals surface area contributed by atoms with Gasteiger partial charge in [0.2, 0.25) is 5.91 Å². The molecule has 0 unspecified atom stereocenters. The molecule has 0 bridgehead atoms. The highest BCUT2D eigenvalue weighted by Crippen LogP contribution is 2.28. The van der Waals surface area contributed by atoms with Crippen LogP contribution in [0.15, 0.2) is 60.9 Å². The lowest BCUT2D eigenvalue weighted by Crippen LogP contribution is -2.36. The van der Waals surface area contributed by atoms with E-state index in [-0.39, 0.29) is 11.9 Å². The zero-order chi connectivity index (χ0) is 18.1. The van der Waals surface area contributed by atoms with E-state index in [1.54, 1.807) is 6.20 Å². The van der Waals surface area contributed by atoms with E-state index in [0.717, 1.165) is 5.56 Å². The monoisotopic (exact) mass is 346 g/mol. The lowest BCUT2D eigenvalue weighted by Gasteiger charge is -2.14. The molecular weight excluding hydrogens is 324 g/mol. The van der Waals surface area contributed by atoms with Gasteiger partial charge in [0.05, 0.1) is 13.0 Å². The summed E-state index contributed by atoms with van der Waals surface area (Å²) in [6.45, 7) is 2.66. The number of carbonyl (C=O) groups excluding carboxylic acids is 1. The average Bonchev–Trinajstić information content (AvgIpc) is 3.22. The van der Waals surface area contributed by atoms with Crippen LogP contribution < -0.4 is 5.32 Å². The van der Waals surface area contributed by atoms with Crippen LogP contribution in [0.3, 0.4) is 0 Å². The summed E-state index contributed by atoms with van der Waals surface area (Å²) in [5.74, 6) is 0.0317. The Kier molecular flexibility index (Phi) is 4.21. The van der Waals surface area contributed by atoms with E-state index in [4.69, 9.17) is 0 Å². The number of hydrogen-bond acceptors (Lipinski definition) is 2. The number of fused-ring (bicyclic) bond motifs is 3. The number of hydrogen-bond donors (Lipinski definition) is 1. The van der Waals surface area contributed by atoms with Crippen LogP contribution in [0.4, 0.5) is 0 Å². The van der Waals surface area contributed by atoms with Crippen LogP contribution in [0, 0.1) is 0 Å². The van der Waals surface area contributed by atoms with Gasteiger partial charge < -0.3 is 9.88 Å². The van der Waals surface area contributed by atoms with Crippen molar-refractivity contribution in [2.45, 2.75) is 25.9 Å². The van der Waals surface area contributed by atoms with Crippen molar-refractivity contribution in [1.29, 1.82) is 0 Å². The third kappa shape index (κ3) is 3.08. The number of carbonyl (C=O) groups is 1. The van der Waals surface area contributed by atoms with Gasteiger partial charge in [0.15, 0.2) is 0 Å². The van der Waals surface area contributed by atoms with Gasteiger partial charge in [-0.1, -0.05) is 24.3 Å². The lowest BCUT2D eigenvalue weighted by molar-refractivity contribution is -0.121. The first-order chi connectivity index (χ1) is 12.6. The Hall–Kier alpha value is -3.08. The minimum Gasteiger partial charge on any atom is -0.351 e. The van der Waals surface area contributed by atoms with Crippen LogP contribution in [-0.2, 0) is 24.8 Å². The standard InChI is InChI=1S/C21H22N4O/c1-15(14-25-11-5-10-22-25)23-21(26)13-16-8-9-20-18(12-16)17-6-3-4-7-19(17)24(20)2/h3-12,15H,13-14H2,1-2H3,(H,23,26)/t15-/m1/s1. The molecule has 1 N–H and O–H groups in total. The largest absolute Gasteiger partial charge is 0.351 e. The number of benzene rings is 2. The fraction of sp³-hybridized carbons (Fsp3) is 0.238. The molecule has 0 saturated heterocycles. The van der Waals surface area contributed by atoms with Crippen molar-refractivity contribution in [2.75, 3.05) is 0 Å². The SMILES string of the molecule is C[C@H](Cn1cccn1)NC(=O)Cc1ccc2c(c1)c1ccccc1n2C. The molecule has 1 amide bonds. The molecule has 26 heavy (non-hydrogen) atoms. The molecule has 132 valence electrons. The molecule has 0 saturated carbocycles. The lowest BCUT2D eigenvalue weighted by atomic mass is 10.1. The zero-order valence-corrected chi connectivity index (χ0v) is 15.0. The molecule has 5 heteroatoms. The maximum absolute atomic E-state index is 12.4. The highest BCUT2D eigenvalue weighted by atomic mass is 16.1. The first-order valence-electron chi connectivity index (χ1n) is 8.84. The Bertz CT molecular complexity index is 1060. The highest BCUT2D eigenvalue weighted by Gasteiger charge is 2.12. The van der Waals surface area contributed by atoms with E-state index < -0.39 is 0 Å². The van der Waals surface area contributed by atoms with Gasteiger partial charge in [-0.25, -0.2) is 0 Å². The molecule has 0 aliphatic rings. The zero-order valence-electron chi connectivity index (χ0n) is 15.0. The van der Waals surface area contributed by atoms with E-state index in [1.165, 1.54) is 21.8 Å². The molecule has 0 aliphatic carbocycles. The third-order valence-electron chi connectivity index (χ3n) is 4.77. The molecule has 0 spiro atoms. The van der Waals surface area contributed by atoms with E-state index in [0.29, 0.717) is 13.0 Å². The second-order valence-corrected chi connectivity index (χ2v) is 6.80. The molecule has 5 nitrogen and oxygen atoms in total. The molecule has 0 radical (unpaired) electrons. The average molecular weight is 346 g/mol. The summed E-state index contributed by atoms with van der Waals surface area (Å²) in [5, 5.41) is 9.64. The van der Waals surface area contributed by atoms with Crippen molar-refractivity contribution in [3.8, 4) is 0 Å². The number of aryl methyl sites for hydroxylation is 1. The Morgan fingerprint density at radius 1 is 1.12 bits per heavy atom. The Morgan fingerprint density at radius 2 is 1.92 bits per heavy atom. The summed E-state index contributed by atoms with van der Waals surface area (Å²) >= 11 is 0. The van der Waals surface area contributed by atoms with Gasteiger partial charge in [0.25, 0.3) is 0 Å². The number of nitrogens with zero attached hydrogens (tertiary/aromatic N) is 3. The van der Waals surface area contributed by atoms with Crippen LogP contribution in [0.25, 0.3) is 21.8 Å². The summed E-state index contributed by atoms with van der Waals surface area (Å²) in [7, 11) is 2.08. The molecule has 0 fully saturated rings. The second kappa shape index (κ2) is 6.67. The molecular formula is C21H22N4O. The second-order valence-electron chi connectivity index (χ2n) is 6.80. The van der Waals surface area contributed by atoms with Gasteiger partial charge in [-0.3, -0.25) is 9.48 Å². The van der Waals surface area contributed by atoms with Crippen molar-refractivity contribution >= 4 is 27.7 Å². The summed E-state index contributed by atoms with van der Waals surface area (Å²) in [6, 6.07) is 16.6. The summed E-state index contributed by atoms with van der Waals surface area (Å²) in [5.41, 5.74) is 3.41. The van der Waals surface area contributed by atoms with Crippen LogP contribution in [0.1, 0.15) is 12.5 Å². The van der Waals surface area contributed by atoms with Crippen molar-refractivity contribution in [3.05, 3.63) is 66.5 Å². The number of aromatic nitrogens is 3. The van der Waals surface area contributed by atoms with Crippen molar-refractivity contribution < 1.29 is 4.79 Å². The van der Waals surface area contributed by atoms with Crippen molar-refractivity contribution in [3.63, 3.8) is 0 Å². The first-order valence-corrected chi connectivity index (χ1v) is 8.84. The Morgan fingerprint density at radius 3 is 2.73 bits per heavy atom. The highest BCUT2D eigenvalue weighted by molar-refractivity contribution is 6.08. The predicted octanol–water partition coefficient (Wildman–Crippen LogP) is 3.28. The van der Waals surface area contributed by atoms with E-state index in [9.17, 15) is 4.79 Å². The summed E-state index contributed by atoms with van der Waals surface area (Å²) < 4.78 is 4.02. The molecule has 2 aromatic carbocycles. The van der Waals surface area contributed by atoms with E-state index >= 15 is 0 Å². The normalized spacial score (nSPS) is 12.5. The minimum atomic E-state index is 0.0312. The van der Waals surface area contributed by atoms with Gasteiger partial charge in [-0.15, -0.1) is 0 Å². The molecule has 1 atom stereocenters. The quantitative estimate of drug-likeness (QED) is 0.603. The van der Waals surface area contributed by atoms with E-state index in [1.807, 2.05) is 29.9 Å². The van der Waals surface area contributed by atoms with Crippen molar-refractivity contribution in [1.82, 2.24) is 19.7 Å². The summed E-state index contributed by atoms with van der Waals surface area (Å²) in [4.78, 5) is 12.4. The van der Waals surface area contributed by atoms with Crippen molar-refractivity contribution in [2.24, 2.45) is 7.05 Å². The summed E-state index contributed by atoms with van der Waals surface area (Å²) in [6.07, 6.45) is 4.02. The van der Waals surface area contributed by atoms with Crippen LogP contribution in [0.2, 0.25) is 0 Å². The molecule has 2 aromatic heterocycles. The third-order valence-corrected chi connectivity index (χ3v) is 4.77. The smallest absolute Gasteiger partial charge is 0.224 e. The molecule has 4 rings (SSSR count). The predicted molar refractivity (Wildman–Crippen MR) is 104 cm³/mol. The number of amides is 1. The first kappa shape index (κ1) is 16.4. The number of para-hydroxylation sites is 1. The Labute approximate surface area is 152 Å². The Balaban J connectivity index is 1.51. The van der Waals surface area contributed by atoms with E-state index in [2.05, 4.69) is 58.4 Å². The maximum Gasteiger partial charge on any atom is 0.224 e. The van der Waals surface area contributed by atoms with Gasteiger partial charge in [0, 0.05) is 47.3 Å². The van der Waals surface area contributed by atoms with Crippen LogP contribution >= 0.6 is 0 Å². The number of rotatable bonds is 5. The van der Waals surface area contributed by atoms with Gasteiger partial charge in [-0.05, 0) is 36.8 Å². The van der Waals surface area contributed by atoms with Crippen LogP contribution in [-0.4, -0.2) is 26.3 Å².